The Bertz CT molecular complexity index is 1180. The van der Waals surface area contributed by atoms with Crippen molar-refractivity contribution in [3.63, 3.8) is 0 Å². The lowest BCUT2D eigenvalue weighted by Gasteiger charge is -2.33. The molecule has 1 unspecified atom stereocenters. The molecular weight excluding hydrogens is 488 g/mol. The third kappa shape index (κ3) is 4.97. The Morgan fingerprint density at radius 1 is 1.15 bits per heavy atom. The Kier molecular flexibility index (Phi) is 7.27. The summed E-state index contributed by atoms with van der Waals surface area (Å²) in [7, 11) is -2.48. The summed E-state index contributed by atoms with van der Waals surface area (Å²) in [4.78, 5) is 26.4. The molecule has 1 saturated heterocycles. The van der Waals surface area contributed by atoms with Gasteiger partial charge in [0.15, 0.2) is 6.61 Å². The number of hydrogen-bond donors (Lipinski definition) is 0. The normalized spacial score (nSPS) is 18.5. The van der Waals surface area contributed by atoms with E-state index in [0.717, 1.165) is 0 Å². The van der Waals surface area contributed by atoms with Crippen LogP contribution in [0.5, 0.6) is 11.5 Å². The lowest BCUT2D eigenvalue weighted by Crippen LogP contribution is -2.48. The molecule has 2 heterocycles. The van der Waals surface area contributed by atoms with Gasteiger partial charge in [-0.15, -0.1) is 0 Å². The summed E-state index contributed by atoms with van der Waals surface area (Å²) in [6.45, 7) is 0.754. The smallest absolute Gasteiger partial charge is 0.348 e. The highest BCUT2D eigenvalue weighted by Gasteiger charge is 2.34. The maximum Gasteiger partial charge on any atom is 0.348 e. The molecule has 0 radical (unpaired) electrons. The van der Waals surface area contributed by atoms with Crippen molar-refractivity contribution in [3.8, 4) is 11.5 Å². The molecule has 1 fully saturated rings. The molecule has 0 N–H and O–H groups in total. The van der Waals surface area contributed by atoms with E-state index in [2.05, 4.69) is 0 Å². The number of carbonyl (C=O) groups excluding carboxylic acids is 2. The number of amides is 1. The zero-order valence-electron chi connectivity index (χ0n) is 18.3. The molecule has 0 aliphatic carbocycles. The SMILES string of the molecule is COC(=O)C1CN(C(=O)COc2ccc(S(=O)(=O)N3CCOCC3)cc2Cl)c2ccccc2O1. The quantitative estimate of drug-likeness (QED) is 0.540. The van der Waals surface area contributed by atoms with Crippen molar-refractivity contribution < 1.29 is 37.0 Å². The van der Waals surface area contributed by atoms with Crippen LogP contribution in [0.25, 0.3) is 0 Å². The van der Waals surface area contributed by atoms with Gasteiger partial charge in [0.1, 0.15) is 11.5 Å². The maximum atomic E-state index is 13.0. The van der Waals surface area contributed by atoms with E-state index < -0.39 is 34.6 Å². The molecule has 4 rings (SSSR count). The number of esters is 1. The van der Waals surface area contributed by atoms with Crippen LogP contribution in [0.4, 0.5) is 5.69 Å². The van der Waals surface area contributed by atoms with Crippen LogP contribution >= 0.6 is 11.6 Å². The number of benzene rings is 2. The van der Waals surface area contributed by atoms with Crippen LogP contribution in [0.2, 0.25) is 5.02 Å². The van der Waals surface area contributed by atoms with Crippen molar-refractivity contribution in [1.29, 1.82) is 0 Å². The van der Waals surface area contributed by atoms with E-state index in [0.29, 0.717) is 24.7 Å². The maximum absolute atomic E-state index is 13.0. The van der Waals surface area contributed by atoms with E-state index in [-0.39, 0.29) is 35.3 Å². The molecule has 0 bridgehead atoms. The lowest BCUT2D eigenvalue weighted by molar-refractivity contribution is -0.148. The molecule has 1 atom stereocenters. The van der Waals surface area contributed by atoms with Gasteiger partial charge in [-0.2, -0.15) is 4.31 Å². The Morgan fingerprint density at radius 3 is 2.59 bits per heavy atom. The lowest BCUT2D eigenvalue weighted by atomic mass is 10.2. The highest BCUT2D eigenvalue weighted by Crippen LogP contribution is 2.34. The van der Waals surface area contributed by atoms with E-state index in [1.165, 1.54) is 34.5 Å². The fourth-order valence-corrected chi connectivity index (χ4v) is 5.37. The zero-order valence-corrected chi connectivity index (χ0v) is 19.9. The average Bonchev–Trinajstić information content (AvgIpc) is 2.87. The number of fused-ring (bicyclic) bond motifs is 1. The van der Waals surface area contributed by atoms with Gasteiger partial charge < -0.3 is 23.8 Å². The van der Waals surface area contributed by atoms with Crippen molar-refractivity contribution in [2.24, 2.45) is 0 Å². The van der Waals surface area contributed by atoms with Crippen molar-refractivity contribution in [2.75, 3.05) is 51.5 Å². The van der Waals surface area contributed by atoms with Gasteiger partial charge in [0.25, 0.3) is 5.91 Å². The molecule has 182 valence electrons. The Balaban J connectivity index is 1.47. The number of para-hydroxylation sites is 2. The minimum atomic E-state index is -3.72. The first-order valence-electron chi connectivity index (χ1n) is 10.5. The highest BCUT2D eigenvalue weighted by atomic mass is 35.5. The predicted molar refractivity (Wildman–Crippen MR) is 122 cm³/mol. The summed E-state index contributed by atoms with van der Waals surface area (Å²) in [6, 6.07) is 10.9. The molecule has 0 saturated carbocycles. The second kappa shape index (κ2) is 10.2. The largest absolute Gasteiger partial charge is 0.482 e. The summed E-state index contributed by atoms with van der Waals surface area (Å²) in [5, 5.41) is 0.0527. The van der Waals surface area contributed by atoms with E-state index in [1.807, 2.05) is 0 Å². The van der Waals surface area contributed by atoms with Gasteiger partial charge in [0.05, 0.1) is 42.5 Å². The van der Waals surface area contributed by atoms with Crippen molar-refractivity contribution >= 4 is 39.2 Å². The molecule has 2 aliphatic rings. The zero-order chi connectivity index (χ0) is 24.3. The van der Waals surface area contributed by atoms with Crippen molar-refractivity contribution in [1.82, 2.24) is 4.31 Å². The summed E-state index contributed by atoms with van der Waals surface area (Å²) < 4.78 is 48.1. The number of rotatable bonds is 6. The molecular formula is C22H23ClN2O8S. The van der Waals surface area contributed by atoms with Gasteiger partial charge in [0.2, 0.25) is 16.1 Å². The molecule has 2 aromatic carbocycles. The summed E-state index contributed by atoms with van der Waals surface area (Å²) >= 11 is 6.27. The van der Waals surface area contributed by atoms with Crippen LogP contribution in [0.15, 0.2) is 47.4 Å². The first-order chi connectivity index (χ1) is 16.3. The molecule has 12 heteroatoms. The van der Waals surface area contributed by atoms with Crippen LogP contribution in [-0.4, -0.2) is 77.3 Å². The van der Waals surface area contributed by atoms with E-state index >= 15 is 0 Å². The van der Waals surface area contributed by atoms with E-state index in [4.69, 9.17) is 30.5 Å². The highest BCUT2D eigenvalue weighted by molar-refractivity contribution is 7.89. The third-order valence-electron chi connectivity index (χ3n) is 5.40. The number of carbonyl (C=O) groups is 2. The second-order valence-corrected chi connectivity index (χ2v) is 9.84. The minimum Gasteiger partial charge on any atom is -0.482 e. The van der Waals surface area contributed by atoms with Crippen LogP contribution in [-0.2, 0) is 29.1 Å². The minimum absolute atomic E-state index is 0.0288. The van der Waals surface area contributed by atoms with Gasteiger partial charge >= 0.3 is 5.97 Å². The molecule has 1 amide bonds. The average molecular weight is 511 g/mol. The number of anilines is 1. The van der Waals surface area contributed by atoms with Gasteiger partial charge in [-0.25, -0.2) is 13.2 Å². The van der Waals surface area contributed by atoms with E-state index in [1.54, 1.807) is 24.3 Å². The second-order valence-electron chi connectivity index (χ2n) is 7.50. The summed E-state index contributed by atoms with van der Waals surface area (Å²) in [5.41, 5.74) is 0.495. The van der Waals surface area contributed by atoms with Gasteiger partial charge in [0, 0.05) is 13.1 Å². The molecule has 0 spiro atoms. The van der Waals surface area contributed by atoms with Crippen molar-refractivity contribution in [3.05, 3.63) is 47.5 Å². The number of nitrogens with zero attached hydrogens (tertiary/aromatic N) is 2. The number of ether oxygens (including phenoxy) is 4. The fourth-order valence-electron chi connectivity index (χ4n) is 3.64. The first-order valence-corrected chi connectivity index (χ1v) is 12.3. The Hall–Kier alpha value is -2.86. The molecule has 0 aromatic heterocycles. The van der Waals surface area contributed by atoms with Gasteiger partial charge in [-0.1, -0.05) is 23.7 Å². The van der Waals surface area contributed by atoms with Crippen LogP contribution in [0.1, 0.15) is 0 Å². The van der Waals surface area contributed by atoms with Crippen LogP contribution < -0.4 is 14.4 Å². The third-order valence-corrected chi connectivity index (χ3v) is 7.59. The van der Waals surface area contributed by atoms with Gasteiger partial charge in [-0.3, -0.25) is 4.79 Å². The standard InChI is InChI=1S/C22H23ClN2O8S/c1-30-22(27)20-13-25(17-4-2-3-5-19(17)33-20)21(26)14-32-18-7-6-15(12-16(18)23)34(28,29)24-8-10-31-11-9-24/h2-7,12,20H,8-11,13-14H2,1H3. The summed E-state index contributed by atoms with van der Waals surface area (Å²) in [5.74, 6) is -0.519. The van der Waals surface area contributed by atoms with Crippen molar-refractivity contribution in [2.45, 2.75) is 11.0 Å². The predicted octanol–water partition coefficient (Wildman–Crippen LogP) is 1.71. The first kappa shape index (κ1) is 24.3. The summed E-state index contributed by atoms with van der Waals surface area (Å²) in [6.07, 6.45) is -0.975. The molecule has 2 aromatic rings. The molecule has 10 nitrogen and oxygen atoms in total. The topological polar surface area (TPSA) is 112 Å². The van der Waals surface area contributed by atoms with Gasteiger partial charge in [-0.05, 0) is 30.3 Å². The monoisotopic (exact) mass is 510 g/mol. The molecule has 2 aliphatic heterocycles. The van der Waals surface area contributed by atoms with Crippen LogP contribution in [0, 0.1) is 0 Å². The Labute approximate surface area is 201 Å². The number of sulfonamides is 1. The number of halogens is 1. The van der Waals surface area contributed by atoms with E-state index in [9.17, 15) is 18.0 Å². The Morgan fingerprint density at radius 2 is 1.88 bits per heavy atom. The number of morpholine rings is 1. The number of methoxy groups -OCH3 is 1. The molecule has 34 heavy (non-hydrogen) atoms. The van der Waals surface area contributed by atoms with Crippen LogP contribution in [0.3, 0.4) is 0 Å². The fraction of sp³-hybridized carbons (Fsp3) is 0.364. The number of hydrogen-bond acceptors (Lipinski definition) is 8.